The highest BCUT2D eigenvalue weighted by Gasteiger charge is 2.32. The first kappa shape index (κ1) is 26.1. The van der Waals surface area contributed by atoms with Crippen molar-refractivity contribution in [2.45, 2.75) is 19.6 Å². The minimum absolute atomic E-state index is 0.0625. The molecule has 0 spiro atoms. The molecule has 0 aliphatic rings. The molecule has 4 aromatic carbocycles. The summed E-state index contributed by atoms with van der Waals surface area (Å²) in [6.07, 6.45) is 0. The lowest BCUT2D eigenvalue weighted by molar-refractivity contribution is 0.468. The van der Waals surface area contributed by atoms with Gasteiger partial charge in [-0.15, -0.1) is 0 Å². The zero-order valence-electron chi connectivity index (χ0n) is 17.5. The molecule has 0 fully saturated rings. The smallest absolute Gasteiger partial charge is 0.282 e. The third-order valence-corrected chi connectivity index (χ3v) is 8.97. The van der Waals surface area contributed by atoms with Gasteiger partial charge in [-0.1, -0.05) is 42.5 Å². The molecule has 0 aliphatic heterocycles. The second-order valence-electron chi connectivity index (χ2n) is 7.53. The monoisotopic (exact) mass is 574 g/mol. The van der Waals surface area contributed by atoms with Crippen molar-refractivity contribution in [3.8, 4) is 11.1 Å². The minimum Gasteiger partial charge on any atom is -0.282 e. The summed E-state index contributed by atoms with van der Waals surface area (Å²) in [6.45, 7) is 0. The predicted octanol–water partition coefficient (Wildman–Crippen LogP) is 2.65. The topological polar surface area (TPSA) is 217 Å². The van der Waals surface area contributed by atoms with Crippen LogP contribution in [0.2, 0.25) is 0 Å². The van der Waals surface area contributed by atoms with Crippen molar-refractivity contribution >= 4 is 62.0 Å². The van der Waals surface area contributed by atoms with E-state index in [1.165, 1.54) is 36.4 Å². The van der Waals surface area contributed by atoms with Crippen molar-refractivity contribution in [1.82, 2.24) is 0 Å². The number of benzene rings is 4. The molecule has 4 rings (SSSR count). The van der Waals surface area contributed by atoms with Crippen LogP contribution < -0.4 is 0 Å². The van der Waals surface area contributed by atoms with Gasteiger partial charge in [0.1, 0.15) is 14.7 Å². The molecule has 0 saturated heterocycles. The van der Waals surface area contributed by atoms with Gasteiger partial charge in [0.25, 0.3) is 40.5 Å². The highest BCUT2D eigenvalue weighted by Crippen LogP contribution is 2.42. The molecule has 0 heterocycles. The molecule has 12 nitrogen and oxygen atoms in total. The average molecular weight is 575 g/mol. The van der Waals surface area contributed by atoms with Gasteiger partial charge in [0.05, 0.1) is 4.90 Å². The molecule has 0 saturated carbocycles. The maximum atomic E-state index is 12.4. The van der Waals surface area contributed by atoms with Crippen molar-refractivity contribution in [3.63, 3.8) is 0 Å². The summed E-state index contributed by atoms with van der Waals surface area (Å²) < 4.78 is 136. The number of rotatable bonds is 5. The van der Waals surface area contributed by atoms with E-state index in [4.69, 9.17) is 0 Å². The SMILES string of the molecule is O=S(=O)(O)c1cc(S(=O)(=O)O)c2c(-c3cc4ccccc4c(S(=O)(=O)O)c3S(=O)(=O)O)cccc2c1. The molecule has 0 bridgehead atoms. The van der Waals surface area contributed by atoms with E-state index < -0.39 is 71.0 Å². The summed E-state index contributed by atoms with van der Waals surface area (Å²) in [5, 5.41) is -0.903. The van der Waals surface area contributed by atoms with Gasteiger partial charge in [-0.25, -0.2) is 0 Å². The van der Waals surface area contributed by atoms with E-state index in [-0.39, 0.29) is 21.7 Å². The third kappa shape index (κ3) is 4.60. The van der Waals surface area contributed by atoms with Crippen LogP contribution in [0.4, 0.5) is 0 Å². The first-order valence-corrected chi connectivity index (χ1v) is 15.2. The fraction of sp³-hybridized carbons (Fsp3) is 0. The fourth-order valence-electron chi connectivity index (χ4n) is 3.95. The Morgan fingerprint density at radius 3 is 1.64 bits per heavy atom. The van der Waals surface area contributed by atoms with E-state index in [9.17, 15) is 51.9 Å². The zero-order valence-corrected chi connectivity index (χ0v) is 20.7. The molecule has 0 atom stereocenters. The maximum Gasteiger partial charge on any atom is 0.296 e. The normalized spacial score (nSPS) is 13.3. The molecule has 0 aliphatic carbocycles. The van der Waals surface area contributed by atoms with Gasteiger partial charge in [-0.2, -0.15) is 33.7 Å². The second kappa shape index (κ2) is 8.29. The van der Waals surface area contributed by atoms with Crippen LogP contribution >= 0.6 is 0 Å². The third-order valence-electron chi connectivity index (χ3n) is 5.25. The molecule has 16 heteroatoms. The Kier molecular flexibility index (Phi) is 6.01. The highest BCUT2D eigenvalue weighted by molar-refractivity contribution is 7.89. The predicted molar refractivity (Wildman–Crippen MR) is 126 cm³/mol. The maximum absolute atomic E-state index is 12.4. The van der Waals surface area contributed by atoms with Crippen molar-refractivity contribution in [3.05, 3.63) is 60.7 Å². The van der Waals surface area contributed by atoms with Crippen molar-refractivity contribution in [2.24, 2.45) is 0 Å². The summed E-state index contributed by atoms with van der Waals surface area (Å²) in [6, 6.07) is 11.2. The van der Waals surface area contributed by atoms with E-state index in [1.54, 1.807) is 0 Å². The molecule has 4 N–H and O–H groups in total. The van der Waals surface area contributed by atoms with E-state index in [0.717, 1.165) is 18.2 Å². The van der Waals surface area contributed by atoms with Crippen LogP contribution in [0, 0.1) is 0 Å². The molecule has 0 amide bonds. The Labute approximate surface area is 204 Å². The Hall–Kier alpha value is -2.96. The lowest BCUT2D eigenvalue weighted by Crippen LogP contribution is -2.11. The Morgan fingerprint density at radius 2 is 1.08 bits per heavy atom. The van der Waals surface area contributed by atoms with Crippen LogP contribution in [0.1, 0.15) is 0 Å². The van der Waals surface area contributed by atoms with Crippen LogP contribution in [0.3, 0.4) is 0 Å². The van der Waals surface area contributed by atoms with Gasteiger partial charge in [0.2, 0.25) is 0 Å². The van der Waals surface area contributed by atoms with E-state index in [0.29, 0.717) is 6.07 Å². The van der Waals surface area contributed by atoms with E-state index in [1.807, 2.05) is 0 Å². The van der Waals surface area contributed by atoms with E-state index in [2.05, 4.69) is 0 Å². The molecule has 0 aromatic heterocycles. The van der Waals surface area contributed by atoms with Crippen LogP contribution in [-0.4, -0.2) is 51.9 Å². The van der Waals surface area contributed by atoms with Crippen molar-refractivity contribution < 1.29 is 51.9 Å². The quantitative estimate of drug-likeness (QED) is 0.253. The summed E-state index contributed by atoms with van der Waals surface area (Å²) >= 11 is 0. The number of hydrogen-bond acceptors (Lipinski definition) is 8. The highest BCUT2D eigenvalue weighted by atomic mass is 32.2. The minimum atomic E-state index is -5.42. The van der Waals surface area contributed by atoms with Crippen LogP contribution in [-0.2, 0) is 40.5 Å². The van der Waals surface area contributed by atoms with E-state index >= 15 is 0 Å². The summed E-state index contributed by atoms with van der Waals surface area (Å²) in [5.74, 6) is 0. The van der Waals surface area contributed by atoms with Crippen LogP contribution in [0.5, 0.6) is 0 Å². The molecular weight excluding hydrogens is 560 g/mol. The van der Waals surface area contributed by atoms with Gasteiger partial charge < -0.3 is 0 Å². The van der Waals surface area contributed by atoms with Crippen molar-refractivity contribution in [1.29, 1.82) is 0 Å². The summed E-state index contributed by atoms with van der Waals surface area (Å²) in [7, 11) is -20.9. The average Bonchev–Trinajstić information content (AvgIpc) is 2.74. The van der Waals surface area contributed by atoms with Gasteiger partial charge in [0.15, 0.2) is 0 Å². The van der Waals surface area contributed by atoms with Gasteiger partial charge >= 0.3 is 0 Å². The first-order chi connectivity index (χ1) is 16.4. The van der Waals surface area contributed by atoms with Gasteiger partial charge in [0, 0.05) is 16.3 Å². The van der Waals surface area contributed by atoms with Gasteiger partial charge in [-0.05, 0) is 34.5 Å². The molecule has 190 valence electrons. The second-order valence-corrected chi connectivity index (χ2v) is 13.1. The number of fused-ring (bicyclic) bond motifs is 2. The lowest BCUT2D eigenvalue weighted by Gasteiger charge is -2.17. The van der Waals surface area contributed by atoms with Crippen LogP contribution in [0.25, 0.3) is 32.7 Å². The fourth-order valence-corrected chi connectivity index (χ4v) is 7.56. The Balaban J connectivity index is 2.36. The molecular formula is C20H14O12S4. The molecule has 4 aromatic rings. The molecule has 36 heavy (non-hydrogen) atoms. The first-order valence-electron chi connectivity index (χ1n) is 9.43. The summed E-state index contributed by atoms with van der Waals surface area (Å²) in [4.78, 5) is -4.44. The largest absolute Gasteiger partial charge is 0.296 e. The molecule has 0 radical (unpaired) electrons. The summed E-state index contributed by atoms with van der Waals surface area (Å²) in [5.41, 5.74) is -0.954. The Morgan fingerprint density at radius 1 is 0.500 bits per heavy atom. The lowest BCUT2D eigenvalue weighted by atomic mass is 9.96. The van der Waals surface area contributed by atoms with Gasteiger partial charge in [-0.3, -0.25) is 18.2 Å². The number of hydrogen-bond donors (Lipinski definition) is 4. The zero-order chi connectivity index (χ0) is 26.8. The Bertz CT molecular complexity index is 2030. The molecule has 0 unspecified atom stereocenters. The van der Waals surface area contributed by atoms with Crippen molar-refractivity contribution in [2.75, 3.05) is 0 Å². The standard InChI is InChI=1S/C20H14O12S4/c21-33(22,23)13-8-12-5-3-7-15(18(12)17(10-13)34(24,25)26)16-9-11-4-1-2-6-14(11)19(35(27,28)29)20(16)36(30,31)32/h1-10H,(H,21,22,23)(H,24,25,26)(H,27,28,29)(H,30,31,32). The van der Waals surface area contributed by atoms with Crippen LogP contribution in [0.15, 0.2) is 80.2 Å².